The molecule has 1 aliphatic carbocycles. The van der Waals surface area contributed by atoms with E-state index in [0.29, 0.717) is 23.8 Å². The Morgan fingerprint density at radius 3 is 2.79 bits per heavy atom. The third-order valence-electron chi connectivity index (χ3n) is 5.63. The number of halogens is 1. The largest absolute Gasteiger partial charge is 0.360 e. The van der Waals surface area contributed by atoms with E-state index in [2.05, 4.69) is 52.3 Å². The Morgan fingerprint density at radius 2 is 2.07 bits per heavy atom. The van der Waals surface area contributed by atoms with Gasteiger partial charge in [-0.25, -0.2) is 0 Å². The zero-order valence-electron chi connectivity index (χ0n) is 16.9. The number of nitrogens with one attached hydrogen (secondary N) is 1. The molecule has 7 heteroatoms. The van der Waals surface area contributed by atoms with Crippen LogP contribution < -0.4 is 5.32 Å². The second kappa shape index (κ2) is 7.78. The van der Waals surface area contributed by atoms with Crippen molar-refractivity contribution in [1.82, 2.24) is 14.9 Å². The summed E-state index contributed by atoms with van der Waals surface area (Å²) in [6.07, 6.45) is 6.21. The third-order valence-corrected chi connectivity index (χ3v) is 6.16. The van der Waals surface area contributed by atoms with Crippen molar-refractivity contribution in [3.8, 4) is 0 Å². The van der Waals surface area contributed by atoms with Gasteiger partial charge in [0.2, 0.25) is 0 Å². The highest BCUT2D eigenvalue weighted by Gasteiger charge is 2.34. The van der Waals surface area contributed by atoms with Crippen LogP contribution >= 0.6 is 15.9 Å². The second-order valence-electron chi connectivity index (χ2n) is 8.75. The fourth-order valence-electron chi connectivity index (χ4n) is 3.80. The fourth-order valence-corrected chi connectivity index (χ4v) is 4.07. The van der Waals surface area contributed by atoms with Crippen molar-refractivity contribution in [2.24, 2.45) is 11.3 Å². The number of benzene rings is 1. The molecule has 2 heterocycles. The van der Waals surface area contributed by atoms with E-state index in [-0.39, 0.29) is 11.3 Å². The molecule has 1 N–H and O–H groups in total. The highest BCUT2D eigenvalue weighted by atomic mass is 79.9. The Kier molecular flexibility index (Phi) is 5.34. The van der Waals surface area contributed by atoms with Crippen LogP contribution in [0.2, 0.25) is 0 Å². The number of amides is 1. The molecule has 0 saturated heterocycles. The first-order chi connectivity index (χ1) is 13.8. The van der Waals surface area contributed by atoms with Gasteiger partial charge in [-0.15, -0.1) is 0 Å². The highest BCUT2D eigenvalue weighted by molar-refractivity contribution is 9.10. The number of carbonyl (C=O) groups excluding carboxylic acids is 1. The molecular weight excluding hydrogens is 432 g/mol. The molecule has 0 aliphatic heterocycles. The summed E-state index contributed by atoms with van der Waals surface area (Å²) in [5, 5.41) is 11.3. The van der Waals surface area contributed by atoms with Crippen molar-refractivity contribution in [2.45, 2.75) is 46.6 Å². The average Bonchev–Trinajstić information content (AvgIpc) is 3.29. The van der Waals surface area contributed by atoms with Crippen LogP contribution in [0.4, 0.5) is 5.69 Å². The highest BCUT2D eigenvalue weighted by Crippen LogP contribution is 2.38. The number of hydrogen-bond acceptors (Lipinski definition) is 4. The van der Waals surface area contributed by atoms with Gasteiger partial charge in [-0.2, -0.15) is 5.10 Å². The number of hydrogen-bond donors (Lipinski definition) is 1. The molecule has 0 bridgehead atoms. The quantitative estimate of drug-likeness (QED) is 0.593. The van der Waals surface area contributed by atoms with Gasteiger partial charge >= 0.3 is 0 Å². The molecule has 1 aromatic carbocycles. The van der Waals surface area contributed by atoms with Gasteiger partial charge in [-0.05, 0) is 41.9 Å². The Hall–Kier alpha value is -2.41. The van der Waals surface area contributed by atoms with Crippen LogP contribution in [0.15, 0.2) is 45.7 Å². The molecule has 1 unspecified atom stereocenters. The van der Waals surface area contributed by atoms with Crippen molar-refractivity contribution >= 4 is 27.5 Å². The summed E-state index contributed by atoms with van der Waals surface area (Å²) in [4.78, 5) is 12.8. The minimum atomic E-state index is -0.243. The van der Waals surface area contributed by atoms with Crippen LogP contribution in [0, 0.1) is 11.3 Å². The maximum Gasteiger partial charge on any atom is 0.278 e. The van der Waals surface area contributed by atoms with Crippen LogP contribution in [-0.2, 0) is 19.4 Å². The predicted octanol–water partition coefficient (Wildman–Crippen LogP) is 5.09. The normalized spacial score (nSPS) is 16.5. The Labute approximate surface area is 178 Å². The van der Waals surface area contributed by atoms with E-state index in [9.17, 15) is 4.79 Å². The summed E-state index contributed by atoms with van der Waals surface area (Å²) in [5.74, 6) is 1.11. The van der Waals surface area contributed by atoms with E-state index >= 15 is 0 Å². The molecular formula is C22H25BrN4O2. The first-order valence-electron chi connectivity index (χ1n) is 9.85. The molecule has 0 radical (unpaired) electrons. The molecule has 0 saturated carbocycles. The molecule has 1 aliphatic rings. The van der Waals surface area contributed by atoms with Crippen molar-refractivity contribution in [2.75, 3.05) is 5.32 Å². The summed E-state index contributed by atoms with van der Waals surface area (Å²) in [7, 11) is 0. The van der Waals surface area contributed by atoms with E-state index in [4.69, 9.17) is 4.52 Å². The molecule has 1 atom stereocenters. The van der Waals surface area contributed by atoms with E-state index in [1.54, 1.807) is 10.9 Å². The first kappa shape index (κ1) is 19.9. The number of anilines is 1. The van der Waals surface area contributed by atoms with E-state index in [0.717, 1.165) is 40.6 Å². The van der Waals surface area contributed by atoms with Crippen molar-refractivity contribution < 1.29 is 9.32 Å². The van der Waals surface area contributed by atoms with Crippen molar-refractivity contribution in [3.05, 3.63) is 63.7 Å². The lowest BCUT2D eigenvalue weighted by Crippen LogP contribution is -2.27. The van der Waals surface area contributed by atoms with Gasteiger partial charge in [0.1, 0.15) is 5.76 Å². The lowest BCUT2D eigenvalue weighted by atomic mass is 9.71. The summed E-state index contributed by atoms with van der Waals surface area (Å²) < 4.78 is 8.30. The predicted molar refractivity (Wildman–Crippen MR) is 115 cm³/mol. The van der Waals surface area contributed by atoms with Gasteiger partial charge in [0.25, 0.3) is 5.91 Å². The van der Waals surface area contributed by atoms with Gasteiger partial charge < -0.3 is 9.84 Å². The third kappa shape index (κ3) is 4.45. The number of aryl methyl sites for hydroxylation is 1. The molecule has 152 valence electrons. The molecule has 0 spiro atoms. The Morgan fingerprint density at radius 1 is 1.31 bits per heavy atom. The molecule has 2 aromatic heterocycles. The number of nitrogens with zero attached hydrogens (tertiary/aromatic N) is 3. The number of fused-ring (bicyclic) bond motifs is 1. The monoisotopic (exact) mass is 456 g/mol. The van der Waals surface area contributed by atoms with Gasteiger partial charge in [0, 0.05) is 22.7 Å². The first-order valence-corrected chi connectivity index (χ1v) is 10.6. The Bertz CT molecular complexity index is 1010. The molecule has 4 rings (SSSR count). The van der Waals surface area contributed by atoms with E-state index in [1.807, 2.05) is 30.5 Å². The number of rotatable bonds is 4. The van der Waals surface area contributed by atoms with Gasteiger partial charge in [-0.3, -0.25) is 9.48 Å². The maximum atomic E-state index is 12.8. The van der Waals surface area contributed by atoms with Gasteiger partial charge in [0.15, 0.2) is 5.69 Å². The zero-order chi connectivity index (χ0) is 20.6. The lowest BCUT2D eigenvalue weighted by Gasteiger charge is -2.33. The second-order valence-corrected chi connectivity index (χ2v) is 9.66. The van der Waals surface area contributed by atoms with Crippen LogP contribution in [0.5, 0.6) is 0 Å². The van der Waals surface area contributed by atoms with Crippen LogP contribution in [0.1, 0.15) is 54.6 Å². The van der Waals surface area contributed by atoms with Crippen LogP contribution in [0.25, 0.3) is 0 Å². The maximum absolute atomic E-state index is 12.8. The summed E-state index contributed by atoms with van der Waals surface area (Å²) in [6, 6.07) is 8.08. The summed E-state index contributed by atoms with van der Waals surface area (Å²) in [5.41, 5.74) is 3.32. The van der Waals surface area contributed by atoms with E-state index < -0.39 is 0 Å². The standard InChI is InChI=1S/C22H25BrN4O2/c1-22(2,3)15-6-9-19-18(10-15)20(26-29-19)21(28)25-17-11-24-27(13-17)12-14-4-7-16(23)8-5-14/h4-5,7-8,11,13,15H,6,9-10,12H2,1-3H3,(H,25,28). The number of carbonyl (C=O) groups is 1. The smallest absolute Gasteiger partial charge is 0.278 e. The molecule has 1 amide bonds. The topological polar surface area (TPSA) is 73.0 Å². The minimum absolute atomic E-state index is 0.191. The van der Waals surface area contributed by atoms with Crippen molar-refractivity contribution in [3.63, 3.8) is 0 Å². The molecule has 29 heavy (non-hydrogen) atoms. The van der Waals surface area contributed by atoms with Gasteiger partial charge in [-0.1, -0.05) is 54.0 Å². The van der Waals surface area contributed by atoms with E-state index in [1.165, 1.54) is 0 Å². The summed E-state index contributed by atoms with van der Waals surface area (Å²) in [6.45, 7) is 7.37. The van der Waals surface area contributed by atoms with Crippen LogP contribution in [0.3, 0.4) is 0 Å². The van der Waals surface area contributed by atoms with Gasteiger partial charge in [0.05, 0.1) is 18.4 Å². The van der Waals surface area contributed by atoms with Crippen molar-refractivity contribution in [1.29, 1.82) is 0 Å². The SMILES string of the molecule is CC(C)(C)C1CCc2onc(C(=O)Nc3cnn(Cc4ccc(Br)cc4)c3)c2C1. The average molecular weight is 457 g/mol. The molecule has 0 fully saturated rings. The lowest BCUT2D eigenvalue weighted by molar-refractivity contribution is 0.101. The zero-order valence-corrected chi connectivity index (χ0v) is 18.5. The molecule has 6 nitrogen and oxygen atoms in total. The molecule has 3 aromatic rings. The fraction of sp³-hybridized carbons (Fsp3) is 0.409. The summed E-state index contributed by atoms with van der Waals surface area (Å²) >= 11 is 3.44. The van der Waals surface area contributed by atoms with Crippen LogP contribution in [-0.4, -0.2) is 20.8 Å². The number of aromatic nitrogens is 3. The minimum Gasteiger partial charge on any atom is -0.360 e. The Balaban J connectivity index is 1.45.